The lowest BCUT2D eigenvalue weighted by molar-refractivity contribution is -0.143. The molecule has 0 saturated carbocycles. The maximum absolute atomic E-state index is 12.4. The number of hydrogen-bond acceptors (Lipinski definition) is 6. The predicted octanol–water partition coefficient (Wildman–Crippen LogP) is 0.530. The molecule has 3 atom stereocenters. The molecule has 7 nitrogen and oxygen atoms in total. The molecule has 9 heteroatoms. The van der Waals surface area contributed by atoms with E-state index in [1.165, 1.54) is 0 Å². The molecule has 0 rings (SSSR count). The normalized spacial score (nSPS) is 14.8. The average Bonchev–Trinajstić information content (AvgIpc) is 2.52. The van der Waals surface area contributed by atoms with Crippen molar-refractivity contribution in [3.63, 3.8) is 0 Å². The van der Waals surface area contributed by atoms with Gasteiger partial charge in [-0.2, -0.15) is 23.5 Å². The minimum Gasteiger partial charge on any atom is -0.480 e. The van der Waals surface area contributed by atoms with Crippen LogP contribution in [0.1, 0.15) is 26.7 Å². The molecule has 0 heterocycles. The van der Waals surface area contributed by atoms with Gasteiger partial charge in [0.05, 0.1) is 6.04 Å². The summed E-state index contributed by atoms with van der Waals surface area (Å²) in [6.45, 7) is 3.43. The van der Waals surface area contributed by atoms with Crippen LogP contribution in [0, 0.1) is 5.92 Å². The molecule has 0 aromatic rings. The highest BCUT2D eigenvalue weighted by Crippen LogP contribution is 2.06. The summed E-state index contributed by atoms with van der Waals surface area (Å²) in [5.74, 6) is -0.808. The Balaban J connectivity index is 4.87. The highest BCUT2D eigenvalue weighted by Gasteiger charge is 2.29. The highest BCUT2D eigenvalue weighted by molar-refractivity contribution is 7.98. The number of carboxylic acids is 1. The van der Waals surface area contributed by atoms with E-state index in [0.717, 1.165) is 5.75 Å². The van der Waals surface area contributed by atoms with Crippen LogP contribution in [-0.2, 0) is 14.4 Å². The molecule has 0 aromatic heterocycles. The summed E-state index contributed by atoms with van der Waals surface area (Å²) < 4.78 is 0. The first-order valence-electron chi connectivity index (χ1n) is 7.81. The second-order valence-corrected chi connectivity index (χ2v) is 7.77. The van der Waals surface area contributed by atoms with Crippen molar-refractivity contribution < 1.29 is 19.5 Å². The number of nitrogens with two attached hydrogens (primary N) is 1. The molecule has 0 aliphatic heterocycles. The van der Waals surface area contributed by atoms with E-state index in [1.54, 1.807) is 37.4 Å². The summed E-state index contributed by atoms with van der Waals surface area (Å²) in [5.41, 5.74) is 5.82. The van der Waals surface area contributed by atoms with Gasteiger partial charge < -0.3 is 21.5 Å². The molecular formula is C15H29N3O4S2. The van der Waals surface area contributed by atoms with Gasteiger partial charge in [-0.1, -0.05) is 13.8 Å². The van der Waals surface area contributed by atoms with E-state index >= 15 is 0 Å². The molecule has 0 aliphatic rings. The molecule has 140 valence electrons. The number of rotatable bonds is 12. The number of carboxylic acid groups (broad SMARTS) is 1. The Kier molecular flexibility index (Phi) is 12.0. The maximum atomic E-state index is 12.4. The quantitative estimate of drug-likeness (QED) is 0.390. The Morgan fingerprint density at radius 3 is 2.00 bits per heavy atom. The highest BCUT2D eigenvalue weighted by atomic mass is 32.2. The van der Waals surface area contributed by atoms with Gasteiger partial charge in [0.2, 0.25) is 11.8 Å². The lowest BCUT2D eigenvalue weighted by atomic mass is 10.0. The number of carbonyl (C=O) groups is 3. The summed E-state index contributed by atoms with van der Waals surface area (Å²) in [6.07, 6.45) is 4.76. The Hall–Kier alpha value is -0.930. The largest absolute Gasteiger partial charge is 0.480 e. The first-order valence-corrected chi connectivity index (χ1v) is 10.6. The zero-order valence-electron chi connectivity index (χ0n) is 14.7. The lowest BCUT2D eigenvalue weighted by Crippen LogP contribution is -2.55. The molecule has 0 saturated heterocycles. The van der Waals surface area contributed by atoms with Gasteiger partial charge in [0, 0.05) is 0 Å². The third kappa shape index (κ3) is 8.79. The van der Waals surface area contributed by atoms with Crippen LogP contribution in [0.2, 0.25) is 0 Å². The van der Waals surface area contributed by atoms with E-state index in [-0.39, 0.29) is 11.8 Å². The van der Waals surface area contributed by atoms with Crippen molar-refractivity contribution in [3.8, 4) is 0 Å². The van der Waals surface area contributed by atoms with Crippen molar-refractivity contribution >= 4 is 41.3 Å². The van der Waals surface area contributed by atoms with Gasteiger partial charge in [-0.15, -0.1) is 0 Å². The molecule has 24 heavy (non-hydrogen) atoms. The van der Waals surface area contributed by atoms with E-state index in [2.05, 4.69) is 10.6 Å². The van der Waals surface area contributed by atoms with E-state index in [9.17, 15) is 19.5 Å². The molecule has 0 aliphatic carbocycles. The smallest absolute Gasteiger partial charge is 0.326 e. The van der Waals surface area contributed by atoms with Crippen molar-refractivity contribution in [1.82, 2.24) is 10.6 Å². The molecule has 3 unspecified atom stereocenters. The fourth-order valence-corrected chi connectivity index (χ4v) is 2.89. The third-order valence-electron chi connectivity index (χ3n) is 3.44. The number of thioether (sulfide) groups is 2. The Bertz CT molecular complexity index is 422. The lowest BCUT2D eigenvalue weighted by Gasteiger charge is -2.24. The van der Waals surface area contributed by atoms with Crippen molar-refractivity contribution in [2.75, 3.05) is 24.0 Å². The molecule has 0 aromatic carbocycles. The number of aliphatic carboxylic acids is 1. The minimum absolute atomic E-state index is 0.257. The van der Waals surface area contributed by atoms with Crippen molar-refractivity contribution in [2.45, 2.75) is 44.8 Å². The molecule has 0 fully saturated rings. The van der Waals surface area contributed by atoms with Crippen LogP contribution in [0.4, 0.5) is 0 Å². The van der Waals surface area contributed by atoms with Crippen LogP contribution in [0.25, 0.3) is 0 Å². The van der Waals surface area contributed by atoms with Crippen molar-refractivity contribution in [1.29, 1.82) is 0 Å². The Morgan fingerprint density at radius 2 is 1.54 bits per heavy atom. The zero-order valence-corrected chi connectivity index (χ0v) is 16.3. The van der Waals surface area contributed by atoms with Crippen LogP contribution in [0.15, 0.2) is 0 Å². The third-order valence-corrected chi connectivity index (χ3v) is 4.73. The molecule has 2 amide bonds. The molecule has 0 radical (unpaired) electrons. The second kappa shape index (κ2) is 12.4. The number of amides is 2. The number of carbonyl (C=O) groups excluding carboxylic acids is 2. The predicted molar refractivity (Wildman–Crippen MR) is 100 cm³/mol. The van der Waals surface area contributed by atoms with Crippen molar-refractivity contribution in [2.24, 2.45) is 11.7 Å². The van der Waals surface area contributed by atoms with Gasteiger partial charge in [-0.05, 0) is 42.8 Å². The minimum atomic E-state index is -1.09. The summed E-state index contributed by atoms with van der Waals surface area (Å²) in [4.78, 5) is 35.8. The van der Waals surface area contributed by atoms with Crippen LogP contribution in [0.5, 0.6) is 0 Å². The van der Waals surface area contributed by atoms with Gasteiger partial charge in [-0.25, -0.2) is 4.79 Å². The van der Waals surface area contributed by atoms with Gasteiger partial charge in [-0.3, -0.25) is 9.59 Å². The van der Waals surface area contributed by atoms with Gasteiger partial charge in [0.25, 0.3) is 0 Å². The zero-order chi connectivity index (χ0) is 18.7. The van der Waals surface area contributed by atoms with Crippen molar-refractivity contribution in [3.05, 3.63) is 0 Å². The van der Waals surface area contributed by atoms with Gasteiger partial charge in [0.1, 0.15) is 12.1 Å². The molecular weight excluding hydrogens is 350 g/mol. The first kappa shape index (κ1) is 23.1. The number of nitrogens with one attached hydrogen (secondary N) is 2. The SMILES string of the molecule is CSCCC(N)C(=O)NC(CCSC)C(=O)NC(C(=O)O)C(C)C. The van der Waals surface area contributed by atoms with Gasteiger partial charge >= 0.3 is 5.97 Å². The van der Waals surface area contributed by atoms with E-state index in [1.807, 2.05) is 12.5 Å². The summed E-state index contributed by atoms with van der Waals surface area (Å²) in [6, 6.07) is -2.45. The topological polar surface area (TPSA) is 122 Å². The van der Waals surface area contributed by atoms with Gasteiger partial charge in [0.15, 0.2) is 0 Å². The monoisotopic (exact) mass is 379 g/mol. The Morgan fingerprint density at radius 1 is 1.00 bits per heavy atom. The Labute approximate surface area is 152 Å². The average molecular weight is 380 g/mol. The molecule has 0 bridgehead atoms. The van der Waals surface area contributed by atoms with Crippen LogP contribution < -0.4 is 16.4 Å². The molecule has 5 N–H and O–H groups in total. The van der Waals surface area contributed by atoms with E-state index in [4.69, 9.17) is 5.73 Å². The van der Waals surface area contributed by atoms with E-state index < -0.39 is 30.0 Å². The summed E-state index contributed by atoms with van der Waals surface area (Å²) in [5, 5.41) is 14.3. The number of hydrogen-bond donors (Lipinski definition) is 4. The van der Waals surface area contributed by atoms with Crippen LogP contribution in [0.3, 0.4) is 0 Å². The fourth-order valence-electron chi connectivity index (χ4n) is 1.93. The summed E-state index contributed by atoms with van der Waals surface area (Å²) in [7, 11) is 0. The van der Waals surface area contributed by atoms with E-state index in [0.29, 0.717) is 18.6 Å². The summed E-state index contributed by atoms with van der Waals surface area (Å²) >= 11 is 3.14. The van der Waals surface area contributed by atoms with Crippen LogP contribution in [-0.4, -0.2) is 65.0 Å². The molecule has 0 spiro atoms. The first-order chi connectivity index (χ1) is 11.2. The standard InChI is InChI=1S/C15H29N3O4S2/c1-9(2)12(15(21)22)18-14(20)11(6-8-24-4)17-13(19)10(16)5-7-23-3/h9-12H,5-8,16H2,1-4H3,(H,17,19)(H,18,20)(H,21,22). The second-order valence-electron chi connectivity index (χ2n) is 5.80. The fraction of sp³-hybridized carbons (Fsp3) is 0.800. The maximum Gasteiger partial charge on any atom is 0.326 e. The van der Waals surface area contributed by atoms with Crippen LogP contribution >= 0.6 is 23.5 Å².